The number of fused-ring (bicyclic) bond motifs is 1. The summed E-state index contributed by atoms with van der Waals surface area (Å²) in [6.45, 7) is 1.94. The lowest BCUT2D eigenvalue weighted by Gasteiger charge is -2.21. The molecule has 3 aromatic heterocycles. The van der Waals surface area contributed by atoms with E-state index in [1.807, 2.05) is 37.3 Å². The van der Waals surface area contributed by atoms with Crippen molar-refractivity contribution >= 4 is 33.3 Å². The molecule has 1 saturated carbocycles. The molecule has 1 aliphatic rings. The average molecular weight is 496 g/mol. The number of benzene rings is 1. The van der Waals surface area contributed by atoms with E-state index in [2.05, 4.69) is 20.6 Å². The van der Waals surface area contributed by atoms with Gasteiger partial charge in [0.1, 0.15) is 23.5 Å². The monoisotopic (exact) mass is 495 g/mol. The minimum Gasteiger partial charge on any atom is -0.396 e. The van der Waals surface area contributed by atoms with Crippen LogP contribution in [0.5, 0.6) is 0 Å². The average Bonchev–Trinajstić information content (AvgIpc) is 3.39. The minimum absolute atomic E-state index is 0.213. The van der Waals surface area contributed by atoms with Crippen molar-refractivity contribution in [2.75, 3.05) is 17.2 Å². The van der Waals surface area contributed by atoms with Gasteiger partial charge in [0.25, 0.3) is 5.69 Å². The molecule has 1 fully saturated rings. The predicted octanol–water partition coefficient (Wildman–Crippen LogP) is 1.71. The number of aromatic nitrogens is 4. The topological polar surface area (TPSA) is 148 Å². The number of hydrogen-bond donors (Lipinski definition) is 6. The highest BCUT2D eigenvalue weighted by atomic mass is 32.1. The molecule has 0 radical (unpaired) electrons. The van der Waals surface area contributed by atoms with Crippen molar-refractivity contribution in [2.24, 2.45) is 5.92 Å². The summed E-state index contributed by atoms with van der Waals surface area (Å²) in [6, 6.07) is 12.7. The molecule has 182 valence electrons. The first kappa shape index (κ1) is 23.4. The maximum absolute atomic E-state index is 10.6. The van der Waals surface area contributed by atoms with Gasteiger partial charge in [-0.3, -0.25) is 5.21 Å². The molecular weight excluding hydrogens is 468 g/mol. The van der Waals surface area contributed by atoms with Crippen molar-refractivity contribution in [1.82, 2.24) is 15.0 Å². The molecule has 0 unspecified atom stereocenters. The van der Waals surface area contributed by atoms with E-state index in [0.717, 1.165) is 20.0 Å². The number of nitrogens with one attached hydrogen (secondary N) is 2. The zero-order chi connectivity index (χ0) is 24.5. The first-order valence-corrected chi connectivity index (χ1v) is 12.2. The van der Waals surface area contributed by atoms with Crippen LogP contribution >= 0.6 is 11.3 Å². The molecule has 10 nitrogen and oxygen atoms in total. The predicted molar refractivity (Wildman–Crippen MR) is 131 cm³/mol. The molecule has 4 atom stereocenters. The third-order valence-electron chi connectivity index (χ3n) is 6.31. The van der Waals surface area contributed by atoms with Crippen molar-refractivity contribution in [1.29, 1.82) is 0 Å². The first-order valence-electron chi connectivity index (χ1n) is 11.4. The van der Waals surface area contributed by atoms with Gasteiger partial charge in [-0.1, -0.05) is 12.1 Å². The van der Waals surface area contributed by atoms with Gasteiger partial charge in [-0.25, -0.2) is 9.97 Å². The minimum atomic E-state index is -1.06. The number of thiazole rings is 1. The summed E-state index contributed by atoms with van der Waals surface area (Å²) in [5.74, 6) is 0.385. The number of para-hydroxylation sites is 1. The molecule has 1 aliphatic carbocycles. The normalized spacial score (nSPS) is 21.9. The van der Waals surface area contributed by atoms with Crippen LogP contribution in [0.25, 0.3) is 20.8 Å². The van der Waals surface area contributed by atoms with Gasteiger partial charge < -0.3 is 26.0 Å². The van der Waals surface area contributed by atoms with Crippen LogP contribution in [0, 0.1) is 12.8 Å². The van der Waals surface area contributed by atoms with E-state index in [9.17, 15) is 20.5 Å². The fourth-order valence-corrected chi connectivity index (χ4v) is 5.46. The number of nitrogens with zero attached hydrogens (tertiary/aromatic N) is 4. The van der Waals surface area contributed by atoms with Gasteiger partial charge in [-0.2, -0.15) is 4.98 Å². The molecule has 6 N–H and O–H groups in total. The van der Waals surface area contributed by atoms with Crippen LogP contribution in [0.1, 0.15) is 17.8 Å². The summed E-state index contributed by atoms with van der Waals surface area (Å²) in [5, 5.41) is 47.6. The maximum Gasteiger partial charge on any atom is 0.253 e. The van der Waals surface area contributed by atoms with E-state index >= 15 is 0 Å². The molecule has 4 aromatic rings. The fraction of sp³-hybridized carbons (Fsp3) is 0.333. The van der Waals surface area contributed by atoms with Gasteiger partial charge in [-0.15, -0.1) is 11.3 Å². The lowest BCUT2D eigenvalue weighted by Crippen LogP contribution is -2.36. The van der Waals surface area contributed by atoms with Crippen LogP contribution < -0.4 is 15.4 Å². The molecule has 1 aromatic carbocycles. The highest BCUT2D eigenvalue weighted by molar-refractivity contribution is 7.21. The number of aliphatic hydroxyl groups is 3. The van der Waals surface area contributed by atoms with Crippen LogP contribution in [-0.2, 0) is 6.54 Å². The second-order valence-electron chi connectivity index (χ2n) is 8.64. The van der Waals surface area contributed by atoms with Gasteiger partial charge in [-0.05, 0) is 31.5 Å². The molecule has 0 amide bonds. The summed E-state index contributed by atoms with van der Waals surface area (Å²) in [4.78, 5) is 14.1. The Balaban J connectivity index is 1.52. The number of aliphatic hydroxyl groups excluding tert-OH is 3. The van der Waals surface area contributed by atoms with Crippen LogP contribution in [0.15, 0.2) is 48.7 Å². The molecule has 0 spiro atoms. The summed E-state index contributed by atoms with van der Waals surface area (Å²) in [6.07, 6.45) is -0.156. The molecule has 0 saturated heterocycles. The molecule has 3 heterocycles. The molecule has 0 aliphatic heterocycles. The Bertz CT molecular complexity index is 1320. The van der Waals surface area contributed by atoms with E-state index < -0.39 is 24.2 Å². The van der Waals surface area contributed by atoms with Crippen molar-refractivity contribution < 1.29 is 25.3 Å². The van der Waals surface area contributed by atoms with Gasteiger partial charge in [0.15, 0.2) is 0 Å². The van der Waals surface area contributed by atoms with Crippen molar-refractivity contribution in [3.63, 3.8) is 0 Å². The zero-order valence-corrected chi connectivity index (χ0v) is 19.9. The van der Waals surface area contributed by atoms with Gasteiger partial charge in [0.2, 0.25) is 12.1 Å². The number of rotatable bonds is 7. The maximum atomic E-state index is 10.6. The van der Waals surface area contributed by atoms with Crippen LogP contribution in [0.4, 0.5) is 11.8 Å². The van der Waals surface area contributed by atoms with E-state index in [-0.39, 0.29) is 13.2 Å². The lowest BCUT2D eigenvalue weighted by molar-refractivity contribution is -0.909. The first-order chi connectivity index (χ1) is 16.9. The molecule has 35 heavy (non-hydrogen) atoms. The third-order valence-corrected chi connectivity index (χ3v) is 7.36. The number of pyridine rings is 1. The second-order valence-corrected chi connectivity index (χ2v) is 9.67. The SMILES string of the molecule is Cc1nc(NCc2cccc[n+]2O)nc(N[C@@H]2C[C@H](CO)[C@@H](O)[C@H]2O)c1-c1nc2ccccc2s1. The number of anilines is 2. The number of hydrogen-bond acceptors (Lipinski definition) is 10. The highest BCUT2D eigenvalue weighted by Crippen LogP contribution is 2.38. The quantitative estimate of drug-likeness (QED) is 0.167. The Hall–Kier alpha value is -3.38. The Morgan fingerprint density at radius 1 is 1.06 bits per heavy atom. The smallest absolute Gasteiger partial charge is 0.253 e. The van der Waals surface area contributed by atoms with Crippen LogP contribution in [0.2, 0.25) is 0 Å². The van der Waals surface area contributed by atoms with E-state index in [0.29, 0.717) is 35.1 Å². The van der Waals surface area contributed by atoms with Crippen molar-refractivity contribution in [2.45, 2.75) is 38.1 Å². The second kappa shape index (κ2) is 9.70. The van der Waals surface area contributed by atoms with Crippen molar-refractivity contribution in [3.05, 3.63) is 60.0 Å². The standard InChI is InChI=1S/C24H27N6O4S/c1-13-19(23-28-16-7-2-3-8-18(16)35-23)22(27-17-10-14(12-31)20(32)21(17)33)29-24(26-13)25-11-15-6-4-5-9-30(15)34/h2-9,14,17,20-21,31-34H,10-12H2,1H3,(H2,25,26,27,29)/q+1/t14-,17-,20-,21+/m1/s1. The summed E-state index contributed by atoms with van der Waals surface area (Å²) in [7, 11) is 0. The van der Waals surface area contributed by atoms with E-state index in [1.165, 1.54) is 17.5 Å². The largest absolute Gasteiger partial charge is 0.396 e. The third kappa shape index (κ3) is 4.63. The molecule has 11 heteroatoms. The Labute approximate surface area is 205 Å². The van der Waals surface area contributed by atoms with Crippen LogP contribution in [0.3, 0.4) is 0 Å². The Kier molecular flexibility index (Phi) is 6.48. The Morgan fingerprint density at radius 2 is 1.86 bits per heavy atom. The van der Waals surface area contributed by atoms with Crippen LogP contribution in [-0.4, -0.2) is 60.3 Å². The highest BCUT2D eigenvalue weighted by Gasteiger charge is 2.41. The van der Waals surface area contributed by atoms with Crippen molar-refractivity contribution in [3.8, 4) is 10.6 Å². The lowest BCUT2D eigenvalue weighted by atomic mass is 10.1. The number of aryl methyl sites for hydroxylation is 1. The molecular formula is C24H27N6O4S+. The summed E-state index contributed by atoms with van der Waals surface area (Å²) < 4.78 is 2.06. The summed E-state index contributed by atoms with van der Waals surface area (Å²) >= 11 is 1.52. The van der Waals surface area contributed by atoms with E-state index in [1.54, 1.807) is 12.1 Å². The molecule has 0 bridgehead atoms. The van der Waals surface area contributed by atoms with E-state index in [4.69, 9.17) is 4.98 Å². The van der Waals surface area contributed by atoms with Gasteiger partial charge >= 0.3 is 0 Å². The summed E-state index contributed by atoms with van der Waals surface area (Å²) in [5.41, 5.74) is 2.88. The van der Waals surface area contributed by atoms with Gasteiger partial charge in [0.05, 0.1) is 33.6 Å². The zero-order valence-electron chi connectivity index (χ0n) is 19.0. The molecule has 5 rings (SSSR count). The van der Waals surface area contributed by atoms with Gasteiger partial charge in [0, 0.05) is 29.4 Å². The Morgan fingerprint density at radius 3 is 2.60 bits per heavy atom. The fourth-order valence-electron chi connectivity index (χ4n) is 4.40.